The van der Waals surface area contributed by atoms with Crippen molar-refractivity contribution in [2.45, 2.75) is 33.3 Å². The molecule has 1 aromatic heterocycles. The summed E-state index contributed by atoms with van der Waals surface area (Å²) in [6.07, 6.45) is 0.0332. The summed E-state index contributed by atoms with van der Waals surface area (Å²) in [6, 6.07) is 5.23. The third kappa shape index (κ3) is 3.95. The number of hydrogen-bond acceptors (Lipinski definition) is 4. The van der Waals surface area contributed by atoms with Crippen LogP contribution in [0.25, 0.3) is 10.9 Å². The standard InChI is InChI=1S/C15H22N4O2/c1-15(2,3)7-10(20)8-17-14(21)13-11-6-9(16)4-5-12(11)18-19-13/h4-6,10,20H,7-8,16H2,1-3H3,(H,17,21)(H,18,19). The van der Waals surface area contributed by atoms with Crippen molar-refractivity contribution in [1.82, 2.24) is 15.5 Å². The van der Waals surface area contributed by atoms with Gasteiger partial charge in [0.1, 0.15) is 0 Å². The summed E-state index contributed by atoms with van der Waals surface area (Å²) in [5.41, 5.74) is 7.36. The highest BCUT2D eigenvalue weighted by molar-refractivity contribution is 6.05. The molecule has 0 radical (unpaired) electrons. The fourth-order valence-electron chi connectivity index (χ4n) is 2.28. The maximum Gasteiger partial charge on any atom is 0.272 e. The number of nitrogens with one attached hydrogen (secondary N) is 2. The number of aromatic amines is 1. The van der Waals surface area contributed by atoms with Gasteiger partial charge in [0.15, 0.2) is 5.69 Å². The number of aliphatic hydroxyl groups excluding tert-OH is 1. The number of fused-ring (bicyclic) bond motifs is 1. The quantitative estimate of drug-likeness (QED) is 0.643. The predicted octanol–water partition coefficient (Wildman–Crippen LogP) is 1.67. The summed E-state index contributed by atoms with van der Waals surface area (Å²) in [5.74, 6) is -0.320. The lowest BCUT2D eigenvalue weighted by atomic mass is 9.89. The third-order valence-corrected chi connectivity index (χ3v) is 3.15. The van der Waals surface area contributed by atoms with Crippen molar-refractivity contribution in [3.63, 3.8) is 0 Å². The zero-order valence-electron chi connectivity index (χ0n) is 12.6. The van der Waals surface area contributed by atoms with Crippen LogP contribution in [0.5, 0.6) is 0 Å². The maximum atomic E-state index is 12.2. The van der Waals surface area contributed by atoms with Gasteiger partial charge in [-0.2, -0.15) is 5.10 Å². The Bertz CT molecular complexity index is 643. The molecule has 21 heavy (non-hydrogen) atoms. The number of aromatic nitrogens is 2. The van der Waals surface area contributed by atoms with E-state index in [9.17, 15) is 9.90 Å². The minimum atomic E-state index is -0.579. The van der Waals surface area contributed by atoms with E-state index in [2.05, 4.69) is 15.5 Å². The Balaban J connectivity index is 2.04. The van der Waals surface area contributed by atoms with E-state index in [0.717, 1.165) is 5.52 Å². The average molecular weight is 290 g/mol. The van der Waals surface area contributed by atoms with Gasteiger partial charge in [0, 0.05) is 17.6 Å². The number of hydrogen-bond donors (Lipinski definition) is 4. The molecule has 1 amide bonds. The molecule has 114 valence electrons. The van der Waals surface area contributed by atoms with Crippen LogP contribution in [-0.2, 0) is 0 Å². The highest BCUT2D eigenvalue weighted by atomic mass is 16.3. The van der Waals surface area contributed by atoms with Crippen LogP contribution in [0.2, 0.25) is 0 Å². The van der Waals surface area contributed by atoms with E-state index in [1.165, 1.54) is 0 Å². The summed E-state index contributed by atoms with van der Waals surface area (Å²) < 4.78 is 0. The molecule has 1 unspecified atom stereocenters. The molecule has 6 nitrogen and oxygen atoms in total. The third-order valence-electron chi connectivity index (χ3n) is 3.15. The first-order chi connectivity index (χ1) is 9.76. The van der Waals surface area contributed by atoms with Gasteiger partial charge in [-0.1, -0.05) is 20.8 Å². The fourth-order valence-corrected chi connectivity index (χ4v) is 2.28. The van der Waals surface area contributed by atoms with Gasteiger partial charge in [-0.15, -0.1) is 0 Å². The molecule has 2 rings (SSSR count). The SMILES string of the molecule is CC(C)(C)CC(O)CNC(=O)c1n[nH]c2ccc(N)cc12. The summed E-state index contributed by atoms with van der Waals surface area (Å²) in [4.78, 5) is 12.2. The number of carbonyl (C=O) groups excluding carboxylic acids is 1. The van der Waals surface area contributed by atoms with Crippen LogP contribution in [0.4, 0.5) is 5.69 Å². The van der Waals surface area contributed by atoms with Crippen LogP contribution in [0.3, 0.4) is 0 Å². The fraction of sp³-hybridized carbons (Fsp3) is 0.467. The molecule has 5 N–H and O–H groups in total. The highest BCUT2D eigenvalue weighted by Gasteiger charge is 2.19. The smallest absolute Gasteiger partial charge is 0.272 e. The number of H-pyrrole nitrogens is 1. The summed E-state index contributed by atoms with van der Waals surface area (Å²) in [7, 11) is 0. The molecule has 0 aliphatic rings. The Kier molecular flexibility index (Phi) is 4.18. The lowest BCUT2D eigenvalue weighted by molar-refractivity contribution is 0.0865. The Morgan fingerprint density at radius 2 is 2.19 bits per heavy atom. The van der Waals surface area contributed by atoms with E-state index >= 15 is 0 Å². The zero-order valence-corrected chi connectivity index (χ0v) is 12.6. The van der Waals surface area contributed by atoms with Crippen molar-refractivity contribution < 1.29 is 9.90 Å². The van der Waals surface area contributed by atoms with Crippen LogP contribution in [-0.4, -0.2) is 33.9 Å². The van der Waals surface area contributed by atoms with Gasteiger partial charge in [0.05, 0.1) is 11.6 Å². The van der Waals surface area contributed by atoms with Crippen molar-refractivity contribution in [2.24, 2.45) is 5.41 Å². The summed E-state index contributed by atoms with van der Waals surface area (Å²) in [5, 5.41) is 20.1. The number of nitrogen functional groups attached to an aromatic ring is 1. The predicted molar refractivity (Wildman–Crippen MR) is 82.9 cm³/mol. The number of benzene rings is 1. The topological polar surface area (TPSA) is 104 Å². The molecule has 0 spiro atoms. The molecule has 0 fully saturated rings. The number of nitrogens with two attached hydrogens (primary N) is 1. The Morgan fingerprint density at radius 3 is 2.86 bits per heavy atom. The van der Waals surface area contributed by atoms with Crippen molar-refractivity contribution >= 4 is 22.5 Å². The molecular weight excluding hydrogens is 268 g/mol. The van der Waals surface area contributed by atoms with Crippen molar-refractivity contribution in [1.29, 1.82) is 0 Å². The number of aliphatic hydroxyl groups is 1. The number of nitrogens with zero attached hydrogens (tertiary/aromatic N) is 1. The van der Waals surface area contributed by atoms with Crippen molar-refractivity contribution in [2.75, 3.05) is 12.3 Å². The van der Waals surface area contributed by atoms with E-state index in [0.29, 0.717) is 23.2 Å². The van der Waals surface area contributed by atoms with E-state index in [-0.39, 0.29) is 17.9 Å². The Labute approximate surface area is 123 Å². The Morgan fingerprint density at radius 1 is 1.48 bits per heavy atom. The van der Waals surface area contributed by atoms with E-state index in [1.54, 1.807) is 18.2 Å². The van der Waals surface area contributed by atoms with E-state index in [1.807, 2.05) is 20.8 Å². The molecule has 0 bridgehead atoms. The van der Waals surface area contributed by atoms with Crippen LogP contribution in [0.1, 0.15) is 37.7 Å². The summed E-state index contributed by atoms with van der Waals surface area (Å²) >= 11 is 0. The Hall–Kier alpha value is -2.08. The first-order valence-corrected chi connectivity index (χ1v) is 6.96. The van der Waals surface area contributed by atoms with Gasteiger partial charge in [-0.25, -0.2) is 0 Å². The number of carbonyl (C=O) groups is 1. The molecule has 2 aromatic rings. The molecule has 1 heterocycles. The van der Waals surface area contributed by atoms with Gasteiger partial charge >= 0.3 is 0 Å². The molecule has 1 aromatic carbocycles. The average Bonchev–Trinajstić information content (AvgIpc) is 2.76. The van der Waals surface area contributed by atoms with Crippen LogP contribution >= 0.6 is 0 Å². The van der Waals surface area contributed by atoms with E-state index in [4.69, 9.17) is 5.73 Å². The molecule has 0 aliphatic carbocycles. The summed E-state index contributed by atoms with van der Waals surface area (Å²) in [6.45, 7) is 6.33. The van der Waals surface area contributed by atoms with Gasteiger partial charge in [0.25, 0.3) is 5.91 Å². The normalized spacial score (nSPS) is 13.3. The second-order valence-corrected chi connectivity index (χ2v) is 6.51. The minimum Gasteiger partial charge on any atom is -0.399 e. The van der Waals surface area contributed by atoms with Gasteiger partial charge in [-0.05, 0) is 30.0 Å². The lowest BCUT2D eigenvalue weighted by Crippen LogP contribution is -2.34. The van der Waals surface area contributed by atoms with Gasteiger partial charge in [-0.3, -0.25) is 9.89 Å². The highest BCUT2D eigenvalue weighted by Crippen LogP contribution is 2.21. The number of anilines is 1. The molecule has 6 heteroatoms. The zero-order chi connectivity index (χ0) is 15.6. The molecule has 0 aliphatic heterocycles. The molecular formula is C15H22N4O2. The van der Waals surface area contributed by atoms with Crippen LogP contribution in [0.15, 0.2) is 18.2 Å². The second-order valence-electron chi connectivity index (χ2n) is 6.51. The number of rotatable bonds is 4. The largest absolute Gasteiger partial charge is 0.399 e. The monoisotopic (exact) mass is 290 g/mol. The van der Waals surface area contributed by atoms with Gasteiger partial charge < -0.3 is 16.2 Å². The van der Waals surface area contributed by atoms with Crippen LogP contribution in [0, 0.1) is 5.41 Å². The first-order valence-electron chi connectivity index (χ1n) is 6.96. The maximum absolute atomic E-state index is 12.2. The molecule has 1 atom stereocenters. The van der Waals surface area contributed by atoms with Gasteiger partial charge in [0.2, 0.25) is 0 Å². The lowest BCUT2D eigenvalue weighted by Gasteiger charge is -2.22. The molecule has 0 saturated carbocycles. The van der Waals surface area contributed by atoms with Crippen molar-refractivity contribution in [3.05, 3.63) is 23.9 Å². The second kappa shape index (κ2) is 5.73. The minimum absolute atomic E-state index is 0.0115. The number of amides is 1. The van der Waals surface area contributed by atoms with Crippen LogP contribution < -0.4 is 11.1 Å². The molecule has 0 saturated heterocycles. The van der Waals surface area contributed by atoms with Crippen molar-refractivity contribution in [3.8, 4) is 0 Å². The van der Waals surface area contributed by atoms with E-state index < -0.39 is 6.10 Å². The first kappa shape index (κ1) is 15.3.